The standard InChI is InChI=1S/C10H11N3O2S/c1-5-6(2)16-10(8(5)9(12)15)13-7(14)3-4-11/h3H2,1-2H3,(H2,12,15)(H,13,14). The monoisotopic (exact) mass is 237 g/mol. The highest BCUT2D eigenvalue weighted by Gasteiger charge is 2.18. The van der Waals surface area contributed by atoms with Gasteiger partial charge in [-0.25, -0.2) is 0 Å². The van der Waals surface area contributed by atoms with E-state index in [9.17, 15) is 9.59 Å². The van der Waals surface area contributed by atoms with Crippen LogP contribution in [0.2, 0.25) is 0 Å². The van der Waals surface area contributed by atoms with Gasteiger partial charge < -0.3 is 11.1 Å². The molecular formula is C10H11N3O2S. The van der Waals surface area contributed by atoms with Crippen molar-refractivity contribution in [3.05, 3.63) is 16.0 Å². The molecule has 0 atom stereocenters. The van der Waals surface area contributed by atoms with Crippen LogP contribution in [0.5, 0.6) is 0 Å². The predicted octanol–water partition coefficient (Wildman–Crippen LogP) is 1.32. The molecule has 0 bridgehead atoms. The lowest BCUT2D eigenvalue weighted by Crippen LogP contribution is -2.16. The van der Waals surface area contributed by atoms with E-state index in [4.69, 9.17) is 11.0 Å². The molecule has 0 aliphatic heterocycles. The molecule has 3 N–H and O–H groups in total. The second-order valence-corrected chi connectivity index (χ2v) is 4.46. The van der Waals surface area contributed by atoms with Gasteiger partial charge in [-0.05, 0) is 19.4 Å². The number of primary amides is 1. The number of nitriles is 1. The molecule has 1 heterocycles. The molecule has 0 radical (unpaired) electrons. The second kappa shape index (κ2) is 4.77. The van der Waals surface area contributed by atoms with E-state index in [0.29, 0.717) is 10.6 Å². The zero-order valence-electron chi connectivity index (χ0n) is 8.96. The van der Waals surface area contributed by atoms with Gasteiger partial charge in [-0.15, -0.1) is 11.3 Å². The van der Waals surface area contributed by atoms with Gasteiger partial charge in [-0.3, -0.25) is 9.59 Å². The summed E-state index contributed by atoms with van der Waals surface area (Å²) in [5.41, 5.74) is 6.33. The van der Waals surface area contributed by atoms with Crippen molar-refractivity contribution in [3.63, 3.8) is 0 Å². The highest BCUT2D eigenvalue weighted by atomic mass is 32.1. The number of nitrogens with two attached hydrogens (primary N) is 1. The van der Waals surface area contributed by atoms with Crippen molar-refractivity contribution < 1.29 is 9.59 Å². The summed E-state index contributed by atoms with van der Waals surface area (Å²) in [6, 6.07) is 1.73. The quantitative estimate of drug-likeness (QED) is 0.829. The normalized spacial score (nSPS) is 9.56. The van der Waals surface area contributed by atoms with Gasteiger partial charge in [0.1, 0.15) is 11.4 Å². The molecule has 1 aromatic rings. The molecule has 5 nitrogen and oxygen atoms in total. The summed E-state index contributed by atoms with van der Waals surface area (Å²) in [6.45, 7) is 3.61. The average molecular weight is 237 g/mol. The molecule has 0 spiro atoms. The Balaban J connectivity index is 3.06. The number of amides is 2. The van der Waals surface area contributed by atoms with Crippen molar-refractivity contribution in [1.82, 2.24) is 0 Å². The molecule has 0 aliphatic carbocycles. The van der Waals surface area contributed by atoms with E-state index in [0.717, 1.165) is 10.4 Å². The third kappa shape index (κ3) is 2.38. The first kappa shape index (κ1) is 12.2. The summed E-state index contributed by atoms with van der Waals surface area (Å²) in [6.07, 6.45) is -0.242. The summed E-state index contributed by atoms with van der Waals surface area (Å²) < 4.78 is 0. The lowest BCUT2D eigenvalue weighted by molar-refractivity contribution is -0.115. The Kier molecular flexibility index (Phi) is 3.64. The first-order chi connectivity index (χ1) is 7.47. The van der Waals surface area contributed by atoms with Gasteiger partial charge in [-0.2, -0.15) is 5.26 Å². The molecule has 0 saturated heterocycles. The largest absolute Gasteiger partial charge is 0.365 e. The van der Waals surface area contributed by atoms with Crippen LogP contribution in [-0.2, 0) is 4.79 Å². The molecule has 0 aromatic carbocycles. The Labute approximate surface area is 96.9 Å². The molecule has 0 saturated carbocycles. The molecule has 2 amide bonds. The number of hydrogen-bond acceptors (Lipinski definition) is 4. The SMILES string of the molecule is Cc1sc(NC(=O)CC#N)c(C(N)=O)c1C. The van der Waals surface area contributed by atoms with E-state index >= 15 is 0 Å². The lowest BCUT2D eigenvalue weighted by atomic mass is 10.1. The summed E-state index contributed by atoms with van der Waals surface area (Å²) >= 11 is 1.28. The Hall–Kier alpha value is -1.87. The Morgan fingerprint density at radius 1 is 1.50 bits per heavy atom. The van der Waals surface area contributed by atoms with Crippen LogP contribution in [0.3, 0.4) is 0 Å². The minimum atomic E-state index is -0.575. The van der Waals surface area contributed by atoms with Crippen LogP contribution in [0.15, 0.2) is 0 Å². The molecule has 0 unspecified atom stereocenters. The first-order valence-corrected chi connectivity index (χ1v) is 5.35. The van der Waals surface area contributed by atoms with Crippen LogP contribution < -0.4 is 11.1 Å². The van der Waals surface area contributed by atoms with Crippen molar-refractivity contribution in [1.29, 1.82) is 5.26 Å². The van der Waals surface area contributed by atoms with Crippen LogP contribution in [0, 0.1) is 25.2 Å². The third-order valence-electron chi connectivity index (χ3n) is 2.12. The van der Waals surface area contributed by atoms with E-state index in [1.54, 1.807) is 13.0 Å². The van der Waals surface area contributed by atoms with Crippen LogP contribution in [0.1, 0.15) is 27.2 Å². The average Bonchev–Trinajstić information content (AvgIpc) is 2.42. The Morgan fingerprint density at radius 2 is 2.12 bits per heavy atom. The fourth-order valence-corrected chi connectivity index (χ4v) is 2.34. The molecule has 0 aliphatic rings. The van der Waals surface area contributed by atoms with E-state index in [1.165, 1.54) is 11.3 Å². The number of hydrogen-bond donors (Lipinski definition) is 2. The zero-order chi connectivity index (χ0) is 12.3. The molecule has 84 valence electrons. The maximum atomic E-state index is 11.2. The highest BCUT2D eigenvalue weighted by Crippen LogP contribution is 2.31. The number of anilines is 1. The minimum absolute atomic E-state index is 0.242. The maximum absolute atomic E-state index is 11.2. The predicted molar refractivity (Wildman–Crippen MR) is 61.2 cm³/mol. The van der Waals surface area contributed by atoms with Crippen molar-refractivity contribution in [2.75, 3.05) is 5.32 Å². The van der Waals surface area contributed by atoms with Gasteiger partial charge in [0.2, 0.25) is 5.91 Å². The number of aryl methyl sites for hydroxylation is 1. The van der Waals surface area contributed by atoms with Gasteiger partial charge >= 0.3 is 0 Å². The van der Waals surface area contributed by atoms with Gasteiger partial charge in [0.05, 0.1) is 11.6 Å². The van der Waals surface area contributed by atoms with E-state index in [1.807, 2.05) is 6.92 Å². The van der Waals surface area contributed by atoms with Crippen LogP contribution in [0.25, 0.3) is 0 Å². The van der Waals surface area contributed by atoms with E-state index in [-0.39, 0.29) is 6.42 Å². The smallest absolute Gasteiger partial charge is 0.251 e. The Bertz CT molecular complexity index is 485. The van der Waals surface area contributed by atoms with Gasteiger partial charge in [-0.1, -0.05) is 0 Å². The molecule has 16 heavy (non-hydrogen) atoms. The third-order valence-corrected chi connectivity index (χ3v) is 3.25. The number of thiophene rings is 1. The highest BCUT2D eigenvalue weighted by molar-refractivity contribution is 7.16. The van der Waals surface area contributed by atoms with Crippen molar-refractivity contribution in [2.45, 2.75) is 20.3 Å². The fourth-order valence-electron chi connectivity index (χ4n) is 1.25. The number of nitrogens with zero attached hydrogens (tertiary/aromatic N) is 1. The number of rotatable bonds is 3. The topological polar surface area (TPSA) is 96.0 Å². The second-order valence-electron chi connectivity index (χ2n) is 3.23. The van der Waals surface area contributed by atoms with E-state index < -0.39 is 11.8 Å². The van der Waals surface area contributed by atoms with Crippen LogP contribution in [0.4, 0.5) is 5.00 Å². The number of carbonyl (C=O) groups excluding carboxylic acids is 2. The molecule has 1 rings (SSSR count). The minimum Gasteiger partial charge on any atom is -0.365 e. The van der Waals surface area contributed by atoms with Crippen LogP contribution in [-0.4, -0.2) is 11.8 Å². The maximum Gasteiger partial charge on any atom is 0.251 e. The molecule has 0 fully saturated rings. The summed E-state index contributed by atoms with van der Waals surface area (Å²) in [7, 11) is 0. The lowest BCUT2D eigenvalue weighted by Gasteiger charge is -2.02. The van der Waals surface area contributed by atoms with Gasteiger partial charge in [0, 0.05) is 4.88 Å². The van der Waals surface area contributed by atoms with Gasteiger partial charge in [0.15, 0.2) is 0 Å². The number of carbonyl (C=O) groups is 2. The van der Waals surface area contributed by atoms with Crippen LogP contribution >= 0.6 is 11.3 Å². The number of nitrogens with one attached hydrogen (secondary N) is 1. The summed E-state index contributed by atoms with van der Waals surface area (Å²) in [4.78, 5) is 23.4. The van der Waals surface area contributed by atoms with Crippen molar-refractivity contribution >= 4 is 28.2 Å². The van der Waals surface area contributed by atoms with Crippen molar-refractivity contribution in [2.24, 2.45) is 5.73 Å². The fraction of sp³-hybridized carbons (Fsp3) is 0.300. The van der Waals surface area contributed by atoms with Crippen molar-refractivity contribution in [3.8, 4) is 6.07 Å². The first-order valence-electron chi connectivity index (χ1n) is 4.54. The summed E-state index contributed by atoms with van der Waals surface area (Å²) in [5, 5.41) is 11.3. The zero-order valence-corrected chi connectivity index (χ0v) is 9.77. The summed E-state index contributed by atoms with van der Waals surface area (Å²) in [5.74, 6) is -1.01. The molecule has 6 heteroatoms. The molecule has 1 aromatic heterocycles. The van der Waals surface area contributed by atoms with Gasteiger partial charge in [0.25, 0.3) is 5.91 Å². The Morgan fingerprint density at radius 3 is 2.62 bits per heavy atom. The van der Waals surface area contributed by atoms with E-state index in [2.05, 4.69) is 5.32 Å². The molecular weight excluding hydrogens is 226 g/mol.